The number of aromatic nitrogens is 1. The van der Waals surface area contributed by atoms with Crippen LogP contribution >= 0.6 is 0 Å². The van der Waals surface area contributed by atoms with E-state index in [0.29, 0.717) is 16.8 Å². The van der Waals surface area contributed by atoms with Gasteiger partial charge in [0.25, 0.3) is 5.91 Å². The summed E-state index contributed by atoms with van der Waals surface area (Å²) in [5.41, 5.74) is 6.39. The summed E-state index contributed by atoms with van der Waals surface area (Å²) in [5.74, 6) is -0.646. The van der Waals surface area contributed by atoms with Gasteiger partial charge in [0.1, 0.15) is 11.4 Å². The van der Waals surface area contributed by atoms with E-state index in [1.54, 1.807) is 37.3 Å². The minimum atomic E-state index is -0.541. The van der Waals surface area contributed by atoms with Crippen LogP contribution in [0.15, 0.2) is 65.3 Å². The Kier molecular flexibility index (Phi) is 4.66. The minimum Gasteiger partial charge on any atom is -0.506 e. The Morgan fingerprint density at radius 1 is 1.43 bits per heavy atom. The van der Waals surface area contributed by atoms with Crippen molar-refractivity contribution in [2.24, 2.45) is 5.73 Å². The molecule has 118 valence electrons. The number of pyridine rings is 1. The zero-order valence-corrected chi connectivity index (χ0v) is 12.6. The van der Waals surface area contributed by atoms with Crippen LogP contribution < -0.4 is 16.5 Å². The number of carbonyl (C=O) groups excluding carboxylic acids is 1. The van der Waals surface area contributed by atoms with E-state index >= 15 is 0 Å². The maximum atomic E-state index is 12.3. The molecule has 2 rings (SSSR count). The number of nitrogens with two attached hydrogens (primary N) is 1. The van der Waals surface area contributed by atoms with Crippen LogP contribution in [-0.2, 0) is 0 Å². The fourth-order valence-electron chi connectivity index (χ4n) is 2.00. The molecular weight excluding hydrogens is 294 g/mol. The van der Waals surface area contributed by atoms with Gasteiger partial charge in [-0.3, -0.25) is 9.59 Å². The van der Waals surface area contributed by atoms with Crippen molar-refractivity contribution in [1.29, 1.82) is 0 Å². The molecule has 23 heavy (non-hydrogen) atoms. The second-order valence-corrected chi connectivity index (χ2v) is 4.89. The minimum absolute atomic E-state index is 0.0229. The molecule has 0 unspecified atom stereocenters. The van der Waals surface area contributed by atoms with Crippen molar-refractivity contribution >= 4 is 16.8 Å². The van der Waals surface area contributed by atoms with Gasteiger partial charge in [0.15, 0.2) is 5.43 Å². The maximum absolute atomic E-state index is 12.3. The first-order valence-corrected chi connectivity index (χ1v) is 6.86. The number of hydrogen-bond donors (Lipinski definition) is 4. The third-order valence-electron chi connectivity index (χ3n) is 3.16. The number of rotatable bonds is 4. The van der Waals surface area contributed by atoms with Crippen LogP contribution in [0.25, 0.3) is 10.9 Å². The molecule has 0 saturated carbocycles. The third-order valence-corrected chi connectivity index (χ3v) is 3.16. The van der Waals surface area contributed by atoms with Crippen LogP contribution in [0, 0.1) is 0 Å². The van der Waals surface area contributed by atoms with Gasteiger partial charge < -0.3 is 21.1 Å². The van der Waals surface area contributed by atoms with Gasteiger partial charge in [0.2, 0.25) is 0 Å². The molecule has 5 N–H and O–H groups in total. The number of phenols is 1. The summed E-state index contributed by atoms with van der Waals surface area (Å²) in [6.45, 7) is 5.18. The van der Waals surface area contributed by atoms with Crippen LogP contribution in [0.5, 0.6) is 5.75 Å². The van der Waals surface area contributed by atoms with Crippen LogP contribution in [-0.4, -0.2) is 16.0 Å². The average molecular weight is 311 g/mol. The predicted octanol–water partition coefficient (Wildman–Crippen LogP) is 1.90. The summed E-state index contributed by atoms with van der Waals surface area (Å²) < 4.78 is 0. The lowest BCUT2D eigenvalue weighted by Gasteiger charge is -2.09. The number of phenolic OH excluding ortho intramolecular Hbond substituents is 1. The number of amides is 1. The Bertz CT molecular complexity index is 888. The van der Waals surface area contributed by atoms with E-state index in [0.717, 1.165) is 0 Å². The zero-order valence-electron chi connectivity index (χ0n) is 12.6. The summed E-state index contributed by atoms with van der Waals surface area (Å²) in [7, 11) is 0. The SMILES string of the molecule is C=C/C=C\C(NC(=O)c1cc(=O)c2cccc(O)c2[nH]1)=C(/C)N. The smallest absolute Gasteiger partial charge is 0.272 e. The van der Waals surface area contributed by atoms with Gasteiger partial charge in [0.05, 0.1) is 11.2 Å². The highest BCUT2D eigenvalue weighted by atomic mass is 16.3. The molecule has 0 atom stereocenters. The van der Waals surface area contributed by atoms with Crippen molar-refractivity contribution in [2.45, 2.75) is 6.92 Å². The number of hydrogen-bond acceptors (Lipinski definition) is 4. The van der Waals surface area contributed by atoms with Crippen molar-refractivity contribution < 1.29 is 9.90 Å². The van der Waals surface area contributed by atoms with Crippen LogP contribution in [0.4, 0.5) is 0 Å². The van der Waals surface area contributed by atoms with Gasteiger partial charge in [-0.25, -0.2) is 0 Å². The molecule has 1 heterocycles. The molecule has 6 heteroatoms. The molecule has 0 spiro atoms. The number of H-pyrrole nitrogens is 1. The molecule has 0 radical (unpaired) electrons. The lowest BCUT2D eigenvalue weighted by atomic mass is 10.1. The fraction of sp³-hybridized carbons (Fsp3) is 0.0588. The van der Waals surface area contributed by atoms with Gasteiger partial charge >= 0.3 is 0 Å². The lowest BCUT2D eigenvalue weighted by molar-refractivity contribution is 0.0962. The molecule has 1 aromatic heterocycles. The van der Waals surface area contributed by atoms with Gasteiger partial charge in [-0.2, -0.15) is 0 Å². The van der Waals surface area contributed by atoms with Gasteiger partial charge in [0, 0.05) is 17.1 Å². The molecule has 6 nitrogen and oxygen atoms in total. The first kappa shape index (κ1) is 16.1. The van der Waals surface area contributed by atoms with E-state index < -0.39 is 5.91 Å². The number of benzene rings is 1. The monoisotopic (exact) mass is 311 g/mol. The summed E-state index contributed by atoms with van der Waals surface area (Å²) in [6.07, 6.45) is 4.77. The molecule has 0 saturated heterocycles. The highest BCUT2D eigenvalue weighted by Crippen LogP contribution is 2.19. The topological polar surface area (TPSA) is 108 Å². The number of aromatic amines is 1. The van der Waals surface area contributed by atoms with Crippen molar-refractivity contribution in [3.8, 4) is 5.75 Å². The number of aromatic hydroxyl groups is 1. The van der Waals surface area contributed by atoms with E-state index in [1.807, 2.05) is 0 Å². The van der Waals surface area contributed by atoms with Crippen LogP contribution in [0.3, 0.4) is 0 Å². The summed E-state index contributed by atoms with van der Waals surface area (Å²) >= 11 is 0. The summed E-state index contributed by atoms with van der Waals surface area (Å²) in [4.78, 5) is 27.2. The second-order valence-electron chi connectivity index (χ2n) is 4.89. The Hall–Kier alpha value is -3.28. The van der Waals surface area contributed by atoms with Crippen molar-refractivity contribution in [2.75, 3.05) is 0 Å². The number of para-hydroxylation sites is 1. The highest BCUT2D eigenvalue weighted by molar-refractivity contribution is 5.96. The molecule has 2 aromatic rings. The van der Waals surface area contributed by atoms with Crippen LogP contribution in [0.2, 0.25) is 0 Å². The average Bonchev–Trinajstić information content (AvgIpc) is 2.51. The van der Waals surface area contributed by atoms with E-state index in [9.17, 15) is 14.7 Å². The lowest BCUT2D eigenvalue weighted by Crippen LogP contribution is -2.26. The number of fused-ring (bicyclic) bond motifs is 1. The normalized spacial score (nSPS) is 12.2. The molecule has 1 aromatic carbocycles. The molecule has 0 bridgehead atoms. The number of nitrogens with one attached hydrogen (secondary N) is 2. The maximum Gasteiger partial charge on any atom is 0.272 e. The molecular formula is C17H17N3O3. The first-order valence-electron chi connectivity index (χ1n) is 6.86. The van der Waals surface area contributed by atoms with Crippen molar-refractivity contribution in [3.05, 3.63) is 76.4 Å². The Morgan fingerprint density at radius 2 is 2.17 bits per heavy atom. The van der Waals surface area contributed by atoms with E-state index in [2.05, 4.69) is 16.9 Å². The number of carbonyl (C=O) groups is 1. The van der Waals surface area contributed by atoms with Gasteiger partial charge in [-0.1, -0.05) is 24.8 Å². The van der Waals surface area contributed by atoms with E-state index in [-0.39, 0.29) is 22.4 Å². The molecule has 0 aliphatic heterocycles. The third kappa shape index (κ3) is 3.49. The molecule has 0 aliphatic rings. The van der Waals surface area contributed by atoms with E-state index in [4.69, 9.17) is 5.73 Å². The zero-order chi connectivity index (χ0) is 17.0. The fourth-order valence-corrected chi connectivity index (χ4v) is 2.00. The Labute approximate surface area is 132 Å². The van der Waals surface area contributed by atoms with E-state index in [1.165, 1.54) is 12.1 Å². The molecule has 0 aliphatic carbocycles. The predicted molar refractivity (Wildman–Crippen MR) is 89.9 cm³/mol. The first-order chi connectivity index (χ1) is 10.9. The Morgan fingerprint density at radius 3 is 2.83 bits per heavy atom. The van der Waals surface area contributed by atoms with Crippen molar-refractivity contribution in [3.63, 3.8) is 0 Å². The molecule has 1 amide bonds. The Balaban J connectivity index is 2.44. The standard InChI is InChI=1S/C17H17N3O3/c1-3-4-7-12(10(2)18)20-17(23)13-9-15(22)11-6-5-8-14(21)16(11)19-13/h3-9,21H,1,18H2,2H3,(H,19,22)(H,20,23)/b7-4-,12-10-. The second kappa shape index (κ2) is 6.65. The summed E-state index contributed by atoms with van der Waals surface area (Å²) in [5, 5.41) is 12.7. The quantitative estimate of drug-likeness (QED) is 0.647. The molecule has 0 fully saturated rings. The van der Waals surface area contributed by atoms with Gasteiger partial charge in [-0.15, -0.1) is 0 Å². The highest BCUT2D eigenvalue weighted by Gasteiger charge is 2.12. The summed E-state index contributed by atoms with van der Waals surface area (Å²) in [6, 6.07) is 5.74. The van der Waals surface area contributed by atoms with Gasteiger partial charge in [-0.05, 0) is 25.1 Å². The van der Waals surface area contributed by atoms with Crippen molar-refractivity contribution in [1.82, 2.24) is 10.3 Å². The largest absolute Gasteiger partial charge is 0.506 e. The number of allylic oxidation sites excluding steroid dienone is 4. The van der Waals surface area contributed by atoms with Crippen LogP contribution in [0.1, 0.15) is 17.4 Å².